The predicted molar refractivity (Wildman–Crippen MR) is 77.1 cm³/mol. The van der Waals surface area contributed by atoms with Crippen LogP contribution in [0.3, 0.4) is 0 Å². The molecule has 1 atom stereocenters. The third-order valence-electron chi connectivity index (χ3n) is 2.98. The van der Waals surface area contributed by atoms with Crippen LogP contribution in [0, 0.1) is 6.92 Å². The molecule has 0 aliphatic rings. The summed E-state index contributed by atoms with van der Waals surface area (Å²) in [5, 5.41) is 0.884. The van der Waals surface area contributed by atoms with Crippen LogP contribution in [-0.4, -0.2) is 35.4 Å². The van der Waals surface area contributed by atoms with Crippen LogP contribution < -0.4 is 5.73 Å². The lowest BCUT2D eigenvalue weighted by atomic mass is 10.1. The standard InChI is InChI=1S/C15H19N3O/c1-10(16)9-18(3)15(19)13-8-11(2)17-14-7-5-4-6-12(13)14/h4-8,10H,9,16H2,1-3H3. The maximum absolute atomic E-state index is 12.5. The predicted octanol–water partition coefficient (Wildman–Crippen LogP) is 1.96. The highest BCUT2D eigenvalue weighted by atomic mass is 16.2. The second-order valence-electron chi connectivity index (χ2n) is 4.99. The molecule has 4 heteroatoms. The summed E-state index contributed by atoms with van der Waals surface area (Å²) >= 11 is 0. The van der Waals surface area contributed by atoms with E-state index < -0.39 is 0 Å². The van der Waals surface area contributed by atoms with E-state index in [1.54, 1.807) is 11.9 Å². The highest BCUT2D eigenvalue weighted by Gasteiger charge is 2.16. The molecule has 0 saturated carbocycles. The summed E-state index contributed by atoms with van der Waals surface area (Å²) in [5.74, 6) is -0.0148. The van der Waals surface area contributed by atoms with Gasteiger partial charge in [-0.05, 0) is 26.0 Å². The number of hydrogen-bond acceptors (Lipinski definition) is 3. The lowest BCUT2D eigenvalue weighted by molar-refractivity contribution is 0.0790. The number of rotatable bonds is 3. The minimum absolute atomic E-state index is 0.0148. The average molecular weight is 257 g/mol. The number of carbonyl (C=O) groups is 1. The van der Waals surface area contributed by atoms with Gasteiger partial charge in [0.05, 0.1) is 11.1 Å². The fourth-order valence-corrected chi connectivity index (χ4v) is 2.21. The van der Waals surface area contributed by atoms with Gasteiger partial charge >= 0.3 is 0 Å². The summed E-state index contributed by atoms with van der Waals surface area (Å²) in [6, 6.07) is 9.49. The topological polar surface area (TPSA) is 59.2 Å². The Kier molecular flexibility index (Phi) is 3.81. The van der Waals surface area contributed by atoms with Crippen LogP contribution in [0.2, 0.25) is 0 Å². The summed E-state index contributed by atoms with van der Waals surface area (Å²) in [6.45, 7) is 4.32. The Morgan fingerprint density at radius 3 is 2.79 bits per heavy atom. The van der Waals surface area contributed by atoms with Crippen molar-refractivity contribution >= 4 is 16.8 Å². The second kappa shape index (κ2) is 5.36. The first kappa shape index (κ1) is 13.5. The maximum atomic E-state index is 12.5. The largest absolute Gasteiger partial charge is 0.340 e. The van der Waals surface area contributed by atoms with E-state index >= 15 is 0 Å². The van der Waals surface area contributed by atoms with Crippen molar-refractivity contribution in [2.45, 2.75) is 19.9 Å². The third-order valence-corrected chi connectivity index (χ3v) is 2.98. The zero-order valence-electron chi connectivity index (χ0n) is 11.6. The molecule has 19 heavy (non-hydrogen) atoms. The van der Waals surface area contributed by atoms with E-state index in [4.69, 9.17) is 5.73 Å². The van der Waals surface area contributed by atoms with Crippen LogP contribution >= 0.6 is 0 Å². The first-order valence-corrected chi connectivity index (χ1v) is 6.36. The van der Waals surface area contributed by atoms with E-state index in [0.29, 0.717) is 12.1 Å². The van der Waals surface area contributed by atoms with E-state index in [1.807, 2.05) is 44.2 Å². The number of fused-ring (bicyclic) bond motifs is 1. The summed E-state index contributed by atoms with van der Waals surface area (Å²) < 4.78 is 0. The summed E-state index contributed by atoms with van der Waals surface area (Å²) in [4.78, 5) is 18.6. The van der Waals surface area contributed by atoms with Crippen molar-refractivity contribution in [2.75, 3.05) is 13.6 Å². The molecule has 2 aromatic rings. The molecule has 1 aromatic carbocycles. The van der Waals surface area contributed by atoms with Gasteiger partial charge in [0.15, 0.2) is 0 Å². The molecular weight excluding hydrogens is 238 g/mol. The Morgan fingerprint density at radius 2 is 2.11 bits per heavy atom. The summed E-state index contributed by atoms with van der Waals surface area (Å²) in [6.07, 6.45) is 0. The van der Waals surface area contributed by atoms with Crippen molar-refractivity contribution in [1.82, 2.24) is 9.88 Å². The molecule has 0 saturated heterocycles. The SMILES string of the molecule is Cc1cc(C(=O)N(C)CC(C)N)c2ccccc2n1. The molecule has 1 heterocycles. The minimum atomic E-state index is -0.0388. The lowest BCUT2D eigenvalue weighted by Gasteiger charge is -2.20. The number of nitrogens with zero attached hydrogens (tertiary/aromatic N) is 2. The van der Waals surface area contributed by atoms with E-state index in [0.717, 1.165) is 16.6 Å². The number of aryl methyl sites for hydroxylation is 1. The van der Waals surface area contributed by atoms with Crippen molar-refractivity contribution in [3.8, 4) is 0 Å². The minimum Gasteiger partial charge on any atom is -0.340 e. The zero-order chi connectivity index (χ0) is 14.0. The van der Waals surface area contributed by atoms with Gasteiger partial charge in [0, 0.05) is 30.7 Å². The first-order valence-electron chi connectivity index (χ1n) is 6.36. The van der Waals surface area contributed by atoms with Crippen LogP contribution in [0.5, 0.6) is 0 Å². The van der Waals surface area contributed by atoms with Crippen LogP contribution in [0.4, 0.5) is 0 Å². The fourth-order valence-electron chi connectivity index (χ4n) is 2.21. The van der Waals surface area contributed by atoms with Crippen molar-refractivity contribution in [3.05, 3.63) is 41.6 Å². The number of benzene rings is 1. The monoisotopic (exact) mass is 257 g/mol. The number of carbonyl (C=O) groups excluding carboxylic acids is 1. The number of amides is 1. The second-order valence-corrected chi connectivity index (χ2v) is 4.99. The Labute approximate surface area is 113 Å². The molecule has 1 unspecified atom stereocenters. The van der Waals surface area contributed by atoms with Gasteiger partial charge in [0.25, 0.3) is 5.91 Å². The number of para-hydroxylation sites is 1. The van der Waals surface area contributed by atoms with Crippen LogP contribution in [-0.2, 0) is 0 Å². The molecule has 0 fully saturated rings. The highest BCUT2D eigenvalue weighted by Crippen LogP contribution is 2.19. The molecule has 1 amide bonds. The zero-order valence-corrected chi connectivity index (χ0v) is 11.6. The van der Waals surface area contributed by atoms with Gasteiger partial charge in [-0.3, -0.25) is 9.78 Å². The number of nitrogens with two attached hydrogens (primary N) is 1. The Balaban J connectivity index is 2.47. The molecule has 1 aromatic heterocycles. The fraction of sp³-hybridized carbons (Fsp3) is 0.333. The Morgan fingerprint density at radius 1 is 1.42 bits per heavy atom. The molecule has 4 nitrogen and oxygen atoms in total. The van der Waals surface area contributed by atoms with Gasteiger partial charge in [-0.25, -0.2) is 0 Å². The van der Waals surface area contributed by atoms with Gasteiger partial charge in [-0.2, -0.15) is 0 Å². The average Bonchev–Trinajstić information content (AvgIpc) is 2.36. The van der Waals surface area contributed by atoms with Gasteiger partial charge in [-0.15, -0.1) is 0 Å². The molecule has 0 spiro atoms. The van der Waals surface area contributed by atoms with Gasteiger partial charge in [0.1, 0.15) is 0 Å². The quantitative estimate of drug-likeness (QED) is 0.914. The molecule has 100 valence electrons. The Bertz CT molecular complexity index is 607. The summed E-state index contributed by atoms with van der Waals surface area (Å²) in [7, 11) is 1.77. The molecule has 2 N–H and O–H groups in total. The third kappa shape index (κ3) is 2.90. The van der Waals surface area contributed by atoms with E-state index in [-0.39, 0.29) is 11.9 Å². The van der Waals surface area contributed by atoms with E-state index in [2.05, 4.69) is 4.98 Å². The maximum Gasteiger partial charge on any atom is 0.254 e. The van der Waals surface area contributed by atoms with Crippen molar-refractivity contribution in [3.63, 3.8) is 0 Å². The normalized spacial score (nSPS) is 12.4. The van der Waals surface area contributed by atoms with Gasteiger partial charge in [0.2, 0.25) is 0 Å². The van der Waals surface area contributed by atoms with Crippen LogP contribution in [0.25, 0.3) is 10.9 Å². The molecular formula is C15H19N3O. The molecule has 0 bridgehead atoms. The van der Waals surface area contributed by atoms with Crippen LogP contribution in [0.15, 0.2) is 30.3 Å². The number of pyridine rings is 1. The number of hydrogen-bond donors (Lipinski definition) is 1. The van der Waals surface area contributed by atoms with Gasteiger partial charge in [-0.1, -0.05) is 18.2 Å². The smallest absolute Gasteiger partial charge is 0.254 e. The Hall–Kier alpha value is -1.94. The van der Waals surface area contributed by atoms with Crippen LogP contribution in [0.1, 0.15) is 23.0 Å². The molecule has 2 rings (SSSR count). The van der Waals surface area contributed by atoms with Gasteiger partial charge < -0.3 is 10.6 Å². The van der Waals surface area contributed by atoms with Crippen molar-refractivity contribution < 1.29 is 4.79 Å². The highest BCUT2D eigenvalue weighted by molar-refractivity contribution is 6.06. The van der Waals surface area contributed by atoms with Crippen molar-refractivity contribution in [1.29, 1.82) is 0 Å². The van der Waals surface area contributed by atoms with E-state index in [1.165, 1.54) is 0 Å². The van der Waals surface area contributed by atoms with Crippen molar-refractivity contribution in [2.24, 2.45) is 5.73 Å². The van der Waals surface area contributed by atoms with E-state index in [9.17, 15) is 4.79 Å². The first-order chi connectivity index (χ1) is 8.99. The molecule has 0 aliphatic carbocycles. The lowest BCUT2D eigenvalue weighted by Crippen LogP contribution is -2.37. The molecule has 0 aliphatic heterocycles. The molecule has 0 radical (unpaired) electrons. The number of likely N-dealkylation sites (N-methyl/N-ethyl adjacent to an activating group) is 1. The summed E-state index contributed by atoms with van der Waals surface area (Å²) in [5.41, 5.74) is 8.12. The number of aromatic nitrogens is 1.